The maximum Gasteiger partial charge on any atom is 0.303 e. The molecule has 0 aliphatic heterocycles. The summed E-state index contributed by atoms with van der Waals surface area (Å²) in [6, 6.07) is 0. The predicted molar refractivity (Wildman–Crippen MR) is 94.0 cm³/mol. The average Bonchev–Trinajstić information content (AvgIpc) is 2.37. The van der Waals surface area contributed by atoms with E-state index >= 15 is 0 Å². The van der Waals surface area contributed by atoms with E-state index in [-0.39, 0.29) is 18.3 Å². The van der Waals surface area contributed by atoms with Gasteiger partial charge in [0.25, 0.3) is 0 Å². The lowest BCUT2D eigenvalue weighted by Crippen LogP contribution is -2.03. The van der Waals surface area contributed by atoms with Crippen LogP contribution >= 0.6 is 0 Å². The molecule has 0 saturated heterocycles. The van der Waals surface area contributed by atoms with E-state index in [0.29, 0.717) is 0 Å². The third kappa shape index (κ3) is 20.9. The van der Waals surface area contributed by atoms with Crippen LogP contribution in [0.15, 0.2) is 23.3 Å². The van der Waals surface area contributed by atoms with Crippen molar-refractivity contribution in [3.8, 4) is 0 Å². The number of rotatable bonds is 9. The van der Waals surface area contributed by atoms with Crippen LogP contribution in [0.3, 0.4) is 0 Å². The topological polar surface area (TPSA) is 54.4 Å². The van der Waals surface area contributed by atoms with Crippen molar-refractivity contribution < 1.29 is 14.7 Å². The molecule has 3 nitrogen and oxygen atoms in total. The van der Waals surface area contributed by atoms with Crippen LogP contribution in [0.4, 0.5) is 0 Å². The van der Waals surface area contributed by atoms with Gasteiger partial charge in [0, 0.05) is 12.3 Å². The van der Waals surface area contributed by atoms with E-state index in [2.05, 4.69) is 39.8 Å². The van der Waals surface area contributed by atoms with Gasteiger partial charge in [-0.2, -0.15) is 0 Å². The molecule has 0 bridgehead atoms. The zero-order chi connectivity index (χ0) is 17.5. The molecule has 0 heterocycles. The van der Waals surface area contributed by atoms with Gasteiger partial charge in [0.1, 0.15) is 6.29 Å². The van der Waals surface area contributed by atoms with Gasteiger partial charge in [-0.05, 0) is 59.3 Å². The number of allylic oxidation sites excluding steroid dienone is 4. The van der Waals surface area contributed by atoms with Crippen molar-refractivity contribution in [3.63, 3.8) is 0 Å². The monoisotopic (exact) mass is 310 g/mol. The molecule has 1 N–H and O–H groups in total. The van der Waals surface area contributed by atoms with Gasteiger partial charge in [-0.25, -0.2) is 0 Å². The van der Waals surface area contributed by atoms with Crippen molar-refractivity contribution >= 4 is 12.3 Å². The first-order valence-electron chi connectivity index (χ1n) is 8.12. The fraction of sp³-hybridized carbons (Fsp3) is 0.684. The number of carboxylic acid groups (broad SMARTS) is 1. The SMILES string of the molecule is CC(C)=CCCC(C)C=O.CC(C)=CCCC(C)CC(=O)O. The molecule has 0 aliphatic carbocycles. The minimum absolute atomic E-state index is 0.218. The summed E-state index contributed by atoms with van der Waals surface area (Å²) in [5.74, 6) is -0.187. The maximum absolute atomic E-state index is 10.3. The molecule has 2 unspecified atom stereocenters. The first kappa shape index (κ1) is 22.9. The van der Waals surface area contributed by atoms with Crippen molar-refractivity contribution in [2.45, 2.75) is 73.6 Å². The molecule has 128 valence electrons. The highest BCUT2D eigenvalue weighted by molar-refractivity contribution is 5.66. The fourth-order valence-corrected chi connectivity index (χ4v) is 1.76. The van der Waals surface area contributed by atoms with E-state index < -0.39 is 5.97 Å². The number of hydrogen-bond acceptors (Lipinski definition) is 2. The van der Waals surface area contributed by atoms with Crippen molar-refractivity contribution in [1.29, 1.82) is 0 Å². The Balaban J connectivity index is 0. The summed E-state index contributed by atoms with van der Waals surface area (Å²) < 4.78 is 0. The molecule has 0 amide bonds. The van der Waals surface area contributed by atoms with Crippen LogP contribution in [0.2, 0.25) is 0 Å². The third-order valence-corrected chi connectivity index (χ3v) is 3.14. The molecule has 0 radical (unpaired) electrons. The van der Waals surface area contributed by atoms with Crippen molar-refractivity contribution in [3.05, 3.63) is 23.3 Å². The summed E-state index contributed by atoms with van der Waals surface area (Å²) in [5, 5.41) is 8.48. The highest BCUT2D eigenvalue weighted by Crippen LogP contribution is 2.11. The van der Waals surface area contributed by atoms with Crippen LogP contribution in [-0.4, -0.2) is 17.4 Å². The molecule has 0 aliphatic rings. The van der Waals surface area contributed by atoms with Gasteiger partial charge in [0.15, 0.2) is 0 Å². The van der Waals surface area contributed by atoms with Crippen LogP contribution in [0.25, 0.3) is 0 Å². The Bertz CT molecular complexity index is 359. The molecular formula is C19H34O3. The lowest BCUT2D eigenvalue weighted by molar-refractivity contribution is -0.138. The second-order valence-electron chi connectivity index (χ2n) is 6.53. The van der Waals surface area contributed by atoms with Crippen LogP contribution in [-0.2, 0) is 9.59 Å². The number of carbonyl (C=O) groups is 2. The van der Waals surface area contributed by atoms with Crippen molar-refractivity contribution in [2.75, 3.05) is 0 Å². The normalized spacial score (nSPS) is 12.3. The Morgan fingerprint density at radius 3 is 1.77 bits per heavy atom. The summed E-state index contributed by atoms with van der Waals surface area (Å²) in [5.41, 5.74) is 2.63. The van der Waals surface area contributed by atoms with Crippen molar-refractivity contribution in [2.24, 2.45) is 11.8 Å². The fourth-order valence-electron chi connectivity index (χ4n) is 1.76. The van der Waals surface area contributed by atoms with E-state index in [0.717, 1.165) is 32.0 Å². The molecule has 0 aromatic rings. The summed E-state index contributed by atoms with van der Waals surface area (Å²) in [4.78, 5) is 20.5. The van der Waals surface area contributed by atoms with E-state index in [4.69, 9.17) is 5.11 Å². The summed E-state index contributed by atoms with van der Waals surface area (Å²) in [6.45, 7) is 12.2. The predicted octanol–water partition coefficient (Wildman–Crippen LogP) is 5.41. The molecule has 3 heteroatoms. The molecule has 2 atom stereocenters. The van der Waals surface area contributed by atoms with Crippen LogP contribution in [0, 0.1) is 11.8 Å². The zero-order valence-electron chi connectivity index (χ0n) is 15.2. The van der Waals surface area contributed by atoms with Crippen LogP contribution in [0.5, 0.6) is 0 Å². The molecule has 0 aromatic heterocycles. The van der Waals surface area contributed by atoms with Gasteiger partial charge in [-0.3, -0.25) is 4.79 Å². The molecule has 0 spiro atoms. The summed E-state index contributed by atoms with van der Waals surface area (Å²) >= 11 is 0. The maximum atomic E-state index is 10.3. The third-order valence-electron chi connectivity index (χ3n) is 3.14. The molecule has 0 fully saturated rings. The number of aliphatic carboxylic acids is 1. The minimum atomic E-state index is -0.695. The van der Waals surface area contributed by atoms with Crippen LogP contribution < -0.4 is 0 Å². The quantitative estimate of drug-likeness (QED) is 0.457. The summed E-state index contributed by atoms with van der Waals surface area (Å²) in [6.07, 6.45) is 9.60. The first-order valence-corrected chi connectivity index (χ1v) is 8.12. The van der Waals surface area contributed by atoms with Gasteiger partial charge in [0.05, 0.1) is 0 Å². The minimum Gasteiger partial charge on any atom is -0.481 e. The number of carboxylic acids is 1. The highest BCUT2D eigenvalue weighted by Gasteiger charge is 2.05. The Kier molecular flexibility index (Phi) is 15.1. The smallest absolute Gasteiger partial charge is 0.303 e. The van der Waals surface area contributed by atoms with E-state index in [1.165, 1.54) is 11.1 Å². The summed E-state index contributed by atoms with van der Waals surface area (Å²) in [7, 11) is 0. The highest BCUT2D eigenvalue weighted by atomic mass is 16.4. The largest absolute Gasteiger partial charge is 0.481 e. The van der Waals surface area contributed by atoms with E-state index in [1.54, 1.807) is 0 Å². The Labute approximate surface area is 136 Å². The Morgan fingerprint density at radius 2 is 1.41 bits per heavy atom. The van der Waals surface area contributed by atoms with Gasteiger partial charge in [0.2, 0.25) is 0 Å². The number of hydrogen-bond donors (Lipinski definition) is 1. The zero-order valence-corrected chi connectivity index (χ0v) is 15.2. The van der Waals surface area contributed by atoms with Gasteiger partial charge in [-0.15, -0.1) is 0 Å². The van der Waals surface area contributed by atoms with Gasteiger partial charge in [-0.1, -0.05) is 37.1 Å². The van der Waals surface area contributed by atoms with Gasteiger partial charge < -0.3 is 9.90 Å². The molecule has 0 aromatic carbocycles. The molecule has 22 heavy (non-hydrogen) atoms. The molecular weight excluding hydrogens is 276 g/mol. The lowest BCUT2D eigenvalue weighted by Gasteiger charge is -2.05. The Hall–Kier alpha value is -1.38. The average molecular weight is 310 g/mol. The Morgan fingerprint density at radius 1 is 0.955 bits per heavy atom. The van der Waals surface area contributed by atoms with E-state index in [9.17, 15) is 9.59 Å². The number of carbonyl (C=O) groups excluding carboxylic acids is 1. The van der Waals surface area contributed by atoms with Gasteiger partial charge >= 0.3 is 5.97 Å². The number of aldehydes is 1. The molecule has 0 saturated carbocycles. The standard InChI is InChI=1S/C10H18O2.C9H16O/c1-8(2)5-4-6-9(3)7-10(11)12;1-8(2)5-4-6-9(3)7-10/h5,9H,4,6-7H2,1-3H3,(H,11,12);5,7,9H,4,6H2,1-3H3. The molecule has 0 rings (SSSR count). The second kappa shape index (κ2) is 14.6. The first-order chi connectivity index (χ1) is 10.2. The lowest BCUT2D eigenvalue weighted by atomic mass is 10.0. The van der Waals surface area contributed by atoms with Crippen LogP contribution in [0.1, 0.15) is 73.6 Å². The van der Waals surface area contributed by atoms with E-state index in [1.807, 2.05) is 13.8 Å². The van der Waals surface area contributed by atoms with Crippen molar-refractivity contribution in [1.82, 2.24) is 0 Å². The second-order valence-corrected chi connectivity index (χ2v) is 6.53.